The molecule has 1 aromatic rings. The van der Waals surface area contributed by atoms with E-state index in [1.165, 1.54) is 12.1 Å². The largest absolute Gasteiger partial charge is 0.480 e. The van der Waals surface area contributed by atoms with Gasteiger partial charge in [-0.3, -0.25) is 4.79 Å². The van der Waals surface area contributed by atoms with E-state index in [9.17, 15) is 18.0 Å². The Labute approximate surface area is 109 Å². The number of hydrogen-bond donors (Lipinski definition) is 2. The van der Waals surface area contributed by atoms with Crippen molar-refractivity contribution in [2.24, 2.45) is 0 Å². The van der Waals surface area contributed by atoms with E-state index in [1.807, 2.05) is 13.8 Å². The van der Waals surface area contributed by atoms with Gasteiger partial charge in [-0.2, -0.15) is 13.2 Å². The number of halogens is 3. The Balaban J connectivity index is 2.78. The summed E-state index contributed by atoms with van der Waals surface area (Å²) in [5.74, 6) is -1.02. The lowest BCUT2D eigenvalue weighted by Crippen LogP contribution is -2.42. The molecular formula is C13H16F3NO2. The van der Waals surface area contributed by atoms with E-state index in [-0.39, 0.29) is 12.5 Å². The number of alkyl halides is 3. The molecule has 106 valence electrons. The van der Waals surface area contributed by atoms with E-state index in [2.05, 4.69) is 5.32 Å². The van der Waals surface area contributed by atoms with Crippen molar-refractivity contribution in [1.29, 1.82) is 0 Å². The van der Waals surface area contributed by atoms with Gasteiger partial charge in [0.25, 0.3) is 0 Å². The Hall–Kier alpha value is -1.56. The zero-order valence-corrected chi connectivity index (χ0v) is 10.7. The fraction of sp³-hybridized carbons (Fsp3) is 0.462. The van der Waals surface area contributed by atoms with E-state index in [4.69, 9.17) is 5.11 Å². The topological polar surface area (TPSA) is 49.3 Å². The van der Waals surface area contributed by atoms with Crippen LogP contribution in [0.4, 0.5) is 13.2 Å². The molecule has 6 heteroatoms. The third-order valence-electron chi connectivity index (χ3n) is 2.55. The van der Waals surface area contributed by atoms with E-state index < -0.39 is 23.8 Å². The number of nitrogens with one attached hydrogen (secondary N) is 1. The molecule has 0 aromatic heterocycles. The molecule has 1 aromatic carbocycles. The molecule has 2 N–H and O–H groups in total. The third kappa shape index (κ3) is 4.90. The Morgan fingerprint density at radius 2 is 1.79 bits per heavy atom. The summed E-state index contributed by atoms with van der Waals surface area (Å²) in [6.07, 6.45) is -4.23. The molecule has 0 radical (unpaired) electrons. The second kappa shape index (κ2) is 6.06. The number of carboxylic acid groups (broad SMARTS) is 1. The highest BCUT2D eigenvalue weighted by Crippen LogP contribution is 2.29. The van der Waals surface area contributed by atoms with E-state index >= 15 is 0 Å². The third-order valence-corrected chi connectivity index (χ3v) is 2.55. The van der Waals surface area contributed by atoms with Crippen LogP contribution in [0.15, 0.2) is 24.3 Å². The average molecular weight is 275 g/mol. The fourth-order valence-corrected chi connectivity index (χ4v) is 1.69. The van der Waals surface area contributed by atoms with Crippen molar-refractivity contribution in [2.45, 2.75) is 38.5 Å². The van der Waals surface area contributed by atoms with E-state index in [0.717, 1.165) is 12.1 Å². The van der Waals surface area contributed by atoms with E-state index in [0.29, 0.717) is 5.56 Å². The normalized spacial score (nSPS) is 13.6. The lowest BCUT2D eigenvalue weighted by molar-refractivity contribution is -0.140. The molecule has 0 fully saturated rings. The molecule has 0 aliphatic rings. The zero-order valence-electron chi connectivity index (χ0n) is 10.7. The van der Waals surface area contributed by atoms with Crippen LogP contribution in [0.1, 0.15) is 25.0 Å². The monoisotopic (exact) mass is 275 g/mol. The maximum atomic E-state index is 12.4. The minimum absolute atomic E-state index is 0.0180. The van der Waals surface area contributed by atoms with Gasteiger partial charge < -0.3 is 10.4 Å². The van der Waals surface area contributed by atoms with Crippen LogP contribution >= 0.6 is 0 Å². The molecule has 0 spiro atoms. The number of hydrogen-bond acceptors (Lipinski definition) is 2. The van der Waals surface area contributed by atoms with Gasteiger partial charge in [-0.25, -0.2) is 0 Å². The molecule has 0 bridgehead atoms. The first kappa shape index (κ1) is 15.5. The van der Waals surface area contributed by atoms with Gasteiger partial charge in [-0.05, 0) is 24.1 Å². The standard InChI is InChI=1S/C13H16F3NO2/c1-8(2)17-11(12(18)19)7-9-3-5-10(6-4-9)13(14,15)16/h3-6,8,11,17H,7H2,1-2H3,(H,18,19). The number of carboxylic acids is 1. The van der Waals surface area contributed by atoms with Gasteiger partial charge in [0.05, 0.1) is 5.56 Å². The highest BCUT2D eigenvalue weighted by atomic mass is 19.4. The first-order valence-corrected chi connectivity index (χ1v) is 5.85. The van der Waals surface area contributed by atoms with Crippen molar-refractivity contribution in [1.82, 2.24) is 5.32 Å². The zero-order chi connectivity index (χ0) is 14.6. The van der Waals surface area contributed by atoms with Crippen LogP contribution in [0.2, 0.25) is 0 Å². The number of rotatable bonds is 5. The molecule has 0 saturated heterocycles. The summed E-state index contributed by atoms with van der Waals surface area (Å²) in [4.78, 5) is 11.0. The smallest absolute Gasteiger partial charge is 0.416 e. The summed E-state index contributed by atoms with van der Waals surface area (Å²) in [6.45, 7) is 3.62. The number of benzene rings is 1. The summed E-state index contributed by atoms with van der Waals surface area (Å²) in [5.41, 5.74) is -0.187. The minimum Gasteiger partial charge on any atom is -0.480 e. The van der Waals surface area contributed by atoms with E-state index in [1.54, 1.807) is 0 Å². The first-order chi connectivity index (χ1) is 8.70. The van der Waals surface area contributed by atoms with Crippen molar-refractivity contribution >= 4 is 5.97 Å². The maximum Gasteiger partial charge on any atom is 0.416 e. The molecule has 3 nitrogen and oxygen atoms in total. The number of carbonyl (C=O) groups is 1. The van der Waals surface area contributed by atoms with Crippen molar-refractivity contribution in [3.63, 3.8) is 0 Å². The first-order valence-electron chi connectivity index (χ1n) is 5.85. The van der Waals surface area contributed by atoms with Gasteiger partial charge in [0.15, 0.2) is 0 Å². The molecule has 0 saturated carbocycles. The lowest BCUT2D eigenvalue weighted by Gasteiger charge is -2.17. The molecule has 0 heterocycles. The Kier molecular flexibility index (Phi) is 4.94. The molecule has 0 aliphatic carbocycles. The van der Waals surface area contributed by atoms with Crippen LogP contribution in [-0.4, -0.2) is 23.2 Å². The summed E-state index contributed by atoms with van der Waals surface area (Å²) in [6, 6.07) is 3.71. The Morgan fingerprint density at radius 1 is 1.26 bits per heavy atom. The maximum absolute atomic E-state index is 12.4. The van der Waals surface area contributed by atoms with Gasteiger partial charge in [0.2, 0.25) is 0 Å². The predicted molar refractivity (Wildman–Crippen MR) is 64.8 cm³/mol. The summed E-state index contributed by atoms with van der Waals surface area (Å²) in [7, 11) is 0. The molecule has 1 unspecified atom stereocenters. The molecule has 1 atom stereocenters. The van der Waals surface area contributed by atoms with Crippen molar-refractivity contribution in [2.75, 3.05) is 0 Å². The van der Waals surface area contributed by atoms with Gasteiger partial charge in [0.1, 0.15) is 6.04 Å². The van der Waals surface area contributed by atoms with Crippen LogP contribution in [0, 0.1) is 0 Å². The van der Waals surface area contributed by atoms with Crippen LogP contribution in [-0.2, 0) is 17.4 Å². The van der Waals surface area contributed by atoms with Crippen LogP contribution < -0.4 is 5.32 Å². The summed E-state index contributed by atoms with van der Waals surface area (Å²) < 4.78 is 37.1. The van der Waals surface area contributed by atoms with Crippen molar-refractivity contribution in [3.8, 4) is 0 Å². The molecule has 0 amide bonds. The van der Waals surface area contributed by atoms with Gasteiger partial charge >= 0.3 is 12.1 Å². The molecule has 19 heavy (non-hydrogen) atoms. The summed E-state index contributed by atoms with van der Waals surface area (Å²) >= 11 is 0. The van der Waals surface area contributed by atoms with Crippen LogP contribution in [0.5, 0.6) is 0 Å². The number of aliphatic carboxylic acids is 1. The molecule has 0 aliphatic heterocycles. The lowest BCUT2D eigenvalue weighted by atomic mass is 10.0. The second-order valence-electron chi connectivity index (χ2n) is 4.61. The van der Waals surface area contributed by atoms with Crippen LogP contribution in [0.25, 0.3) is 0 Å². The van der Waals surface area contributed by atoms with Gasteiger partial charge in [-0.1, -0.05) is 26.0 Å². The quantitative estimate of drug-likeness (QED) is 0.868. The van der Waals surface area contributed by atoms with Gasteiger partial charge in [-0.15, -0.1) is 0 Å². The van der Waals surface area contributed by atoms with Crippen LogP contribution in [0.3, 0.4) is 0 Å². The van der Waals surface area contributed by atoms with Crippen molar-refractivity contribution < 1.29 is 23.1 Å². The Morgan fingerprint density at radius 3 is 2.16 bits per heavy atom. The predicted octanol–water partition coefficient (Wildman–Crippen LogP) is 2.70. The second-order valence-corrected chi connectivity index (χ2v) is 4.61. The average Bonchev–Trinajstić information content (AvgIpc) is 2.27. The fourth-order valence-electron chi connectivity index (χ4n) is 1.69. The SMILES string of the molecule is CC(C)NC(Cc1ccc(C(F)(F)F)cc1)C(=O)O. The van der Waals surface area contributed by atoms with Gasteiger partial charge in [0, 0.05) is 6.04 Å². The highest BCUT2D eigenvalue weighted by molar-refractivity contribution is 5.74. The van der Waals surface area contributed by atoms with Crippen molar-refractivity contribution in [3.05, 3.63) is 35.4 Å². The highest BCUT2D eigenvalue weighted by Gasteiger charge is 2.30. The Bertz CT molecular complexity index is 427. The molecule has 1 rings (SSSR count). The summed E-state index contributed by atoms with van der Waals surface area (Å²) in [5, 5.41) is 11.9. The minimum atomic E-state index is -4.37. The molecular weight excluding hydrogens is 259 g/mol.